The zero-order valence-electron chi connectivity index (χ0n) is 15.8. The number of aliphatic hydroxyl groups is 1. The van der Waals surface area contributed by atoms with Crippen LogP contribution < -0.4 is 0 Å². The number of rotatable bonds is 5. The van der Waals surface area contributed by atoms with E-state index >= 15 is 0 Å². The third kappa shape index (κ3) is 3.72. The van der Waals surface area contributed by atoms with Crippen molar-refractivity contribution in [2.45, 2.75) is 38.0 Å². The van der Waals surface area contributed by atoms with Gasteiger partial charge in [0.15, 0.2) is 0 Å². The lowest BCUT2D eigenvalue weighted by Crippen LogP contribution is -2.14. The number of fused-ring (bicyclic) bond motifs is 1. The van der Waals surface area contributed by atoms with Gasteiger partial charge in [-0.3, -0.25) is 0 Å². The molecular weight excluding hydrogens is 338 g/mol. The molecule has 1 aromatic rings. The Morgan fingerprint density at radius 1 is 1.26 bits per heavy atom. The number of aryl methyl sites for hydroxylation is 1. The number of aromatic nitrogens is 1. The van der Waals surface area contributed by atoms with E-state index in [0.29, 0.717) is 23.4 Å². The minimum Gasteiger partial charge on any atom is -0.464 e. The van der Waals surface area contributed by atoms with Gasteiger partial charge in [0.2, 0.25) is 0 Å². The summed E-state index contributed by atoms with van der Waals surface area (Å²) in [5, 5.41) is 9.25. The van der Waals surface area contributed by atoms with Gasteiger partial charge in [0.25, 0.3) is 0 Å². The maximum Gasteiger partial charge on any atom is 0.354 e. The van der Waals surface area contributed by atoms with E-state index in [0.717, 1.165) is 37.7 Å². The van der Waals surface area contributed by atoms with Crippen LogP contribution in [0.2, 0.25) is 0 Å². The summed E-state index contributed by atoms with van der Waals surface area (Å²) in [6, 6.07) is 1.98. The number of hydrogen-bond acceptors (Lipinski definition) is 3. The smallest absolute Gasteiger partial charge is 0.354 e. The standard InChI is InChI=1S/C23H27NO3/c1-27-23(26)22-13-20-19(9-10-21(20)24-22)12-16-3-2-4-18(11-16)17-7-5-15(14-25)6-8-17/h2-3,5-7,11,13,17-19,24-25H,4,8-10,12,14H2,1H3. The van der Waals surface area contributed by atoms with Crippen molar-refractivity contribution in [3.8, 4) is 0 Å². The van der Waals surface area contributed by atoms with Crippen molar-refractivity contribution >= 4 is 5.97 Å². The van der Waals surface area contributed by atoms with Gasteiger partial charge in [-0.15, -0.1) is 0 Å². The fraction of sp³-hybridized carbons (Fsp3) is 0.435. The molecule has 4 nitrogen and oxygen atoms in total. The number of ether oxygens (including phenoxy) is 1. The van der Waals surface area contributed by atoms with E-state index in [1.165, 1.54) is 23.9 Å². The molecule has 3 aliphatic carbocycles. The molecule has 27 heavy (non-hydrogen) atoms. The quantitative estimate of drug-likeness (QED) is 0.768. The number of carbonyl (C=O) groups excluding carboxylic acids is 1. The minimum atomic E-state index is -0.292. The summed E-state index contributed by atoms with van der Waals surface area (Å²) in [6.07, 6.45) is 18.7. The molecule has 0 saturated heterocycles. The molecule has 2 N–H and O–H groups in total. The van der Waals surface area contributed by atoms with Gasteiger partial charge >= 0.3 is 5.97 Å². The fourth-order valence-corrected chi connectivity index (χ4v) is 4.60. The van der Waals surface area contributed by atoms with Crippen LogP contribution in [0.5, 0.6) is 0 Å². The monoisotopic (exact) mass is 365 g/mol. The molecular formula is C23H27NO3. The van der Waals surface area contributed by atoms with Crippen molar-refractivity contribution in [1.29, 1.82) is 0 Å². The van der Waals surface area contributed by atoms with Crippen molar-refractivity contribution in [3.63, 3.8) is 0 Å². The Hall–Kier alpha value is -2.33. The van der Waals surface area contributed by atoms with Crippen molar-refractivity contribution in [1.82, 2.24) is 4.98 Å². The fourth-order valence-electron chi connectivity index (χ4n) is 4.60. The molecule has 0 aromatic carbocycles. The number of aromatic amines is 1. The molecule has 4 heteroatoms. The molecule has 3 atom stereocenters. The highest BCUT2D eigenvalue weighted by molar-refractivity contribution is 5.88. The third-order valence-electron chi connectivity index (χ3n) is 6.11. The normalized spacial score (nSPS) is 26.5. The Balaban J connectivity index is 1.45. The maximum absolute atomic E-state index is 11.8. The van der Waals surface area contributed by atoms with Crippen molar-refractivity contribution < 1.29 is 14.6 Å². The first-order valence-corrected chi connectivity index (χ1v) is 9.83. The number of methoxy groups -OCH3 is 1. The zero-order chi connectivity index (χ0) is 18.8. The molecule has 0 fully saturated rings. The molecule has 142 valence electrons. The second-order valence-electron chi connectivity index (χ2n) is 7.79. The van der Waals surface area contributed by atoms with Crippen LogP contribution in [0.4, 0.5) is 0 Å². The number of esters is 1. The summed E-state index contributed by atoms with van der Waals surface area (Å²) >= 11 is 0. The summed E-state index contributed by atoms with van der Waals surface area (Å²) < 4.78 is 4.84. The van der Waals surface area contributed by atoms with E-state index in [2.05, 4.69) is 41.4 Å². The van der Waals surface area contributed by atoms with Gasteiger partial charge < -0.3 is 14.8 Å². The first kappa shape index (κ1) is 18.1. The van der Waals surface area contributed by atoms with Crippen molar-refractivity contribution in [2.24, 2.45) is 11.8 Å². The van der Waals surface area contributed by atoms with Crippen LogP contribution >= 0.6 is 0 Å². The highest BCUT2D eigenvalue weighted by Gasteiger charge is 2.28. The van der Waals surface area contributed by atoms with E-state index in [1.807, 2.05) is 6.07 Å². The summed E-state index contributed by atoms with van der Waals surface area (Å²) in [5.41, 5.74) is 5.45. The summed E-state index contributed by atoms with van der Waals surface area (Å²) in [7, 11) is 1.42. The Kier molecular flexibility index (Phi) is 5.17. The molecule has 0 aliphatic heterocycles. The van der Waals surface area contributed by atoms with E-state index in [9.17, 15) is 9.90 Å². The molecule has 0 radical (unpaired) electrons. The number of allylic oxidation sites excluding steroid dienone is 6. The molecule has 0 saturated carbocycles. The molecule has 0 spiro atoms. The Morgan fingerprint density at radius 2 is 2.15 bits per heavy atom. The first-order valence-electron chi connectivity index (χ1n) is 9.83. The topological polar surface area (TPSA) is 62.3 Å². The van der Waals surface area contributed by atoms with Crippen LogP contribution in [0, 0.1) is 11.8 Å². The van der Waals surface area contributed by atoms with Crippen LogP contribution in [0.25, 0.3) is 0 Å². The Bertz CT molecular complexity index is 840. The molecule has 0 bridgehead atoms. The molecule has 3 aliphatic rings. The molecule has 0 amide bonds. The van der Waals surface area contributed by atoms with Crippen LogP contribution in [0.3, 0.4) is 0 Å². The first-order chi connectivity index (χ1) is 13.2. The predicted octanol–water partition coefficient (Wildman–Crippen LogP) is 4.22. The maximum atomic E-state index is 11.8. The van der Waals surface area contributed by atoms with Crippen LogP contribution in [0.1, 0.15) is 53.3 Å². The van der Waals surface area contributed by atoms with Crippen LogP contribution in [0.15, 0.2) is 53.7 Å². The molecule has 1 heterocycles. The molecule has 1 aromatic heterocycles. The second kappa shape index (κ2) is 7.73. The van der Waals surface area contributed by atoms with Crippen LogP contribution in [-0.2, 0) is 11.2 Å². The van der Waals surface area contributed by atoms with E-state index in [1.54, 1.807) is 0 Å². The third-order valence-corrected chi connectivity index (χ3v) is 6.11. The van der Waals surface area contributed by atoms with Gasteiger partial charge in [-0.1, -0.05) is 42.0 Å². The average molecular weight is 365 g/mol. The Morgan fingerprint density at radius 3 is 2.89 bits per heavy atom. The van der Waals surface area contributed by atoms with Gasteiger partial charge in [0, 0.05) is 5.69 Å². The molecule has 4 rings (SSSR count). The summed E-state index contributed by atoms with van der Waals surface area (Å²) in [5.74, 6) is 1.21. The van der Waals surface area contributed by atoms with Crippen molar-refractivity contribution in [2.75, 3.05) is 13.7 Å². The zero-order valence-corrected chi connectivity index (χ0v) is 15.8. The summed E-state index contributed by atoms with van der Waals surface area (Å²) in [4.78, 5) is 15.0. The largest absolute Gasteiger partial charge is 0.464 e. The van der Waals surface area contributed by atoms with Gasteiger partial charge in [-0.25, -0.2) is 4.79 Å². The lowest BCUT2D eigenvalue weighted by Gasteiger charge is -2.26. The number of H-pyrrole nitrogens is 1. The predicted molar refractivity (Wildman–Crippen MR) is 106 cm³/mol. The molecule has 3 unspecified atom stereocenters. The average Bonchev–Trinajstić information content (AvgIpc) is 3.30. The van der Waals surface area contributed by atoms with E-state index < -0.39 is 0 Å². The van der Waals surface area contributed by atoms with Gasteiger partial charge in [0.1, 0.15) is 5.69 Å². The minimum absolute atomic E-state index is 0.128. The van der Waals surface area contributed by atoms with Gasteiger partial charge in [-0.2, -0.15) is 0 Å². The second-order valence-corrected chi connectivity index (χ2v) is 7.79. The van der Waals surface area contributed by atoms with Gasteiger partial charge in [-0.05, 0) is 67.1 Å². The number of carbonyl (C=O) groups is 1. The number of nitrogens with one attached hydrogen (secondary N) is 1. The summed E-state index contributed by atoms with van der Waals surface area (Å²) in [6.45, 7) is 0.128. The van der Waals surface area contributed by atoms with Crippen LogP contribution in [-0.4, -0.2) is 29.8 Å². The van der Waals surface area contributed by atoms with Gasteiger partial charge in [0.05, 0.1) is 13.7 Å². The highest BCUT2D eigenvalue weighted by atomic mass is 16.5. The van der Waals surface area contributed by atoms with Crippen molar-refractivity contribution in [3.05, 3.63) is 70.6 Å². The number of aliphatic hydroxyl groups excluding tert-OH is 1. The van der Waals surface area contributed by atoms with E-state index in [-0.39, 0.29) is 12.6 Å². The lowest BCUT2D eigenvalue weighted by molar-refractivity contribution is 0.0594. The lowest BCUT2D eigenvalue weighted by atomic mass is 9.79. The SMILES string of the molecule is COC(=O)c1cc2c([nH]1)CCC2CC1=CC(C2C=CC(CO)=CC2)CC=C1. The Labute approximate surface area is 160 Å². The highest BCUT2D eigenvalue weighted by Crippen LogP contribution is 2.40. The number of hydrogen-bond donors (Lipinski definition) is 2. The van der Waals surface area contributed by atoms with E-state index in [4.69, 9.17) is 4.74 Å².